The second-order valence-corrected chi connectivity index (χ2v) is 2.04. The fraction of sp³-hybridized carbons (Fsp3) is 0.333. The van der Waals surface area contributed by atoms with Gasteiger partial charge in [-0.2, -0.15) is 0 Å². The molecule has 0 aliphatic carbocycles. The molecular formula is C6H6O5. The van der Waals surface area contributed by atoms with Gasteiger partial charge in [0.15, 0.2) is 12.2 Å². The van der Waals surface area contributed by atoms with Gasteiger partial charge in [0.1, 0.15) is 0 Å². The number of carboxylic acids is 1. The number of hydrogen-bond acceptors (Lipinski definition) is 4. The molecule has 1 aliphatic heterocycles. The summed E-state index contributed by atoms with van der Waals surface area (Å²) in [4.78, 5) is 20.5. The molecule has 1 heterocycles. The van der Waals surface area contributed by atoms with Crippen molar-refractivity contribution in [2.24, 2.45) is 0 Å². The van der Waals surface area contributed by atoms with Crippen LogP contribution in [0.1, 0.15) is 0 Å². The van der Waals surface area contributed by atoms with Crippen molar-refractivity contribution in [1.29, 1.82) is 0 Å². The third-order valence-corrected chi connectivity index (χ3v) is 1.24. The van der Waals surface area contributed by atoms with Gasteiger partial charge in [-0.1, -0.05) is 0 Å². The molecule has 0 saturated carbocycles. The van der Waals surface area contributed by atoms with Gasteiger partial charge in [-0.05, 0) is 6.08 Å². The predicted molar refractivity (Wildman–Crippen MR) is 32.7 cm³/mol. The van der Waals surface area contributed by atoms with Gasteiger partial charge in [0.25, 0.3) is 0 Å². The van der Waals surface area contributed by atoms with E-state index in [9.17, 15) is 9.59 Å². The number of hydrogen-bond donors (Lipinski definition) is 2. The number of cyclic esters (lactones) is 1. The third kappa shape index (κ3) is 1.56. The van der Waals surface area contributed by atoms with E-state index in [0.29, 0.717) is 0 Å². The topological polar surface area (TPSA) is 83.8 Å². The molecule has 1 rings (SSSR count). The summed E-state index contributed by atoms with van der Waals surface area (Å²) < 4.78 is 4.40. The molecule has 0 aromatic carbocycles. The lowest BCUT2D eigenvalue weighted by Crippen LogP contribution is -2.33. The van der Waals surface area contributed by atoms with E-state index in [-0.39, 0.29) is 0 Å². The largest absolute Gasteiger partial charge is 0.479 e. The molecule has 0 radical (unpaired) electrons. The Kier molecular flexibility index (Phi) is 1.91. The van der Waals surface area contributed by atoms with E-state index in [2.05, 4.69) is 4.74 Å². The van der Waals surface area contributed by atoms with Crippen molar-refractivity contribution in [3.63, 3.8) is 0 Å². The van der Waals surface area contributed by atoms with Crippen molar-refractivity contribution in [2.75, 3.05) is 0 Å². The van der Waals surface area contributed by atoms with Crippen LogP contribution in [0.2, 0.25) is 0 Å². The van der Waals surface area contributed by atoms with Crippen molar-refractivity contribution < 1.29 is 24.5 Å². The van der Waals surface area contributed by atoms with Gasteiger partial charge in [0.05, 0.1) is 0 Å². The Balaban J connectivity index is 2.57. The van der Waals surface area contributed by atoms with Crippen molar-refractivity contribution >= 4 is 11.9 Å². The lowest BCUT2D eigenvalue weighted by molar-refractivity contribution is -0.156. The molecule has 0 bridgehead atoms. The maximum atomic E-state index is 10.4. The molecule has 60 valence electrons. The second kappa shape index (κ2) is 2.71. The van der Waals surface area contributed by atoms with E-state index in [1.165, 1.54) is 6.08 Å². The van der Waals surface area contributed by atoms with Gasteiger partial charge in [0, 0.05) is 6.08 Å². The molecule has 0 aromatic heterocycles. The zero-order valence-corrected chi connectivity index (χ0v) is 5.43. The molecule has 2 N–H and O–H groups in total. The van der Waals surface area contributed by atoms with Crippen LogP contribution in [-0.4, -0.2) is 34.4 Å². The van der Waals surface area contributed by atoms with Crippen LogP contribution in [0.15, 0.2) is 12.2 Å². The Labute approximate surface area is 61.9 Å². The Hall–Kier alpha value is -1.36. The van der Waals surface area contributed by atoms with Crippen LogP contribution in [0.3, 0.4) is 0 Å². The van der Waals surface area contributed by atoms with Crippen LogP contribution in [0, 0.1) is 0 Å². The Morgan fingerprint density at radius 3 is 2.73 bits per heavy atom. The number of aliphatic hydroxyl groups is 1. The molecule has 0 amide bonds. The van der Waals surface area contributed by atoms with Crippen molar-refractivity contribution in [3.05, 3.63) is 12.2 Å². The van der Waals surface area contributed by atoms with E-state index in [1.54, 1.807) is 0 Å². The van der Waals surface area contributed by atoms with Crippen LogP contribution in [0.4, 0.5) is 0 Å². The number of esters is 1. The van der Waals surface area contributed by atoms with E-state index >= 15 is 0 Å². The summed E-state index contributed by atoms with van der Waals surface area (Å²) in [5.41, 5.74) is 0. The summed E-state index contributed by atoms with van der Waals surface area (Å²) in [5, 5.41) is 17.1. The maximum absolute atomic E-state index is 10.4. The van der Waals surface area contributed by atoms with Gasteiger partial charge < -0.3 is 14.9 Å². The van der Waals surface area contributed by atoms with Crippen LogP contribution < -0.4 is 0 Å². The summed E-state index contributed by atoms with van der Waals surface area (Å²) in [6, 6.07) is 0. The van der Waals surface area contributed by atoms with Crippen molar-refractivity contribution in [3.8, 4) is 0 Å². The number of carboxylic acid groups (broad SMARTS) is 1. The number of carbonyl (C=O) groups excluding carboxylic acids is 1. The van der Waals surface area contributed by atoms with Crippen LogP contribution in [-0.2, 0) is 14.3 Å². The predicted octanol–water partition coefficient (Wildman–Crippen LogP) is -1.09. The van der Waals surface area contributed by atoms with Crippen molar-refractivity contribution in [1.82, 2.24) is 0 Å². The quantitative estimate of drug-likeness (QED) is 0.499. The first-order valence-corrected chi connectivity index (χ1v) is 2.91. The first-order chi connectivity index (χ1) is 5.11. The average molecular weight is 158 g/mol. The van der Waals surface area contributed by atoms with E-state index < -0.39 is 24.1 Å². The minimum Gasteiger partial charge on any atom is -0.479 e. The van der Waals surface area contributed by atoms with Gasteiger partial charge in [-0.25, -0.2) is 9.59 Å². The molecular weight excluding hydrogens is 152 g/mol. The maximum Gasteiger partial charge on any atom is 0.336 e. The molecule has 2 atom stereocenters. The summed E-state index contributed by atoms with van der Waals surface area (Å²) in [7, 11) is 0. The average Bonchev–Trinajstić information content (AvgIpc) is 2.34. The van der Waals surface area contributed by atoms with E-state index in [1.807, 2.05) is 0 Å². The summed E-state index contributed by atoms with van der Waals surface area (Å²) in [6.45, 7) is 0. The number of ether oxygens (including phenoxy) is 1. The lowest BCUT2D eigenvalue weighted by Gasteiger charge is -2.10. The Morgan fingerprint density at radius 2 is 2.36 bits per heavy atom. The zero-order chi connectivity index (χ0) is 8.43. The highest BCUT2D eigenvalue weighted by Gasteiger charge is 2.29. The molecule has 5 heteroatoms. The second-order valence-electron chi connectivity index (χ2n) is 2.04. The summed E-state index contributed by atoms with van der Waals surface area (Å²) >= 11 is 0. The smallest absolute Gasteiger partial charge is 0.336 e. The first-order valence-electron chi connectivity index (χ1n) is 2.91. The normalized spacial score (nSPS) is 24.8. The fourth-order valence-corrected chi connectivity index (χ4v) is 0.696. The summed E-state index contributed by atoms with van der Waals surface area (Å²) in [5.74, 6) is -2.04. The SMILES string of the molecule is O=C1C=CC(C(O)C(=O)O)O1. The first kappa shape index (κ1) is 7.74. The highest BCUT2D eigenvalue weighted by atomic mass is 16.6. The Bertz CT molecular complexity index is 219. The molecule has 0 aromatic rings. The van der Waals surface area contributed by atoms with Gasteiger partial charge in [0.2, 0.25) is 0 Å². The van der Waals surface area contributed by atoms with Crippen LogP contribution in [0.5, 0.6) is 0 Å². The molecule has 5 nitrogen and oxygen atoms in total. The molecule has 0 fully saturated rings. The van der Waals surface area contributed by atoms with E-state index in [4.69, 9.17) is 10.2 Å². The number of carbonyl (C=O) groups is 2. The van der Waals surface area contributed by atoms with Gasteiger partial charge >= 0.3 is 11.9 Å². The molecule has 2 unspecified atom stereocenters. The number of aliphatic carboxylic acids is 1. The Morgan fingerprint density at radius 1 is 1.73 bits per heavy atom. The summed E-state index contributed by atoms with van der Waals surface area (Å²) in [6.07, 6.45) is -0.421. The standard InChI is InChI=1S/C6H6O5/c7-4-2-1-3(11-4)5(8)6(9)10/h1-3,5,8H,(H,9,10). The highest BCUT2D eigenvalue weighted by molar-refractivity contribution is 5.86. The van der Waals surface area contributed by atoms with E-state index in [0.717, 1.165) is 6.08 Å². The number of aliphatic hydroxyl groups excluding tert-OH is 1. The lowest BCUT2D eigenvalue weighted by atomic mass is 10.2. The minimum atomic E-state index is -1.67. The van der Waals surface area contributed by atoms with Gasteiger partial charge in [-0.3, -0.25) is 0 Å². The molecule has 0 saturated heterocycles. The van der Waals surface area contributed by atoms with Crippen LogP contribution in [0.25, 0.3) is 0 Å². The molecule has 11 heavy (non-hydrogen) atoms. The third-order valence-electron chi connectivity index (χ3n) is 1.24. The minimum absolute atomic E-state index is 0.629. The van der Waals surface area contributed by atoms with Gasteiger partial charge in [-0.15, -0.1) is 0 Å². The van der Waals surface area contributed by atoms with Crippen molar-refractivity contribution in [2.45, 2.75) is 12.2 Å². The zero-order valence-electron chi connectivity index (χ0n) is 5.43. The number of rotatable bonds is 2. The fourth-order valence-electron chi connectivity index (χ4n) is 0.696. The monoisotopic (exact) mass is 158 g/mol. The molecule has 0 spiro atoms. The molecule has 1 aliphatic rings. The van der Waals surface area contributed by atoms with Crippen LogP contribution >= 0.6 is 0 Å². The highest BCUT2D eigenvalue weighted by Crippen LogP contribution is 2.09.